The topological polar surface area (TPSA) is 12.0 Å². The van der Waals surface area contributed by atoms with Gasteiger partial charge in [0.1, 0.15) is 0 Å². The smallest absolute Gasteiger partial charge is 0.163 e. The molecule has 1 N–H and O–H groups in total. The highest BCUT2D eigenvalue weighted by molar-refractivity contribution is 6.31. The highest BCUT2D eigenvalue weighted by Gasteiger charge is 2.30. The van der Waals surface area contributed by atoms with Crippen LogP contribution in [0.3, 0.4) is 0 Å². The van der Waals surface area contributed by atoms with Gasteiger partial charge in [-0.2, -0.15) is 0 Å². The molecule has 1 aliphatic carbocycles. The number of halogens is 3. The maximum atomic E-state index is 13.9. The summed E-state index contributed by atoms with van der Waals surface area (Å²) in [5, 5.41) is 3.51. The fraction of sp³-hybridized carbons (Fsp3) is 0.538. The second-order valence-corrected chi connectivity index (χ2v) is 4.95. The molecular weight excluding hydrogens is 244 g/mol. The Morgan fingerprint density at radius 1 is 1.24 bits per heavy atom. The van der Waals surface area contributed by atoms with Gasteiger partial charge in [-0.05, 0) is 32.0 Å². The third-order valence-corrected chi connectivity index (χ3v) is 3.92. The molecule has 0 heterocycles. The molecule has 0 aliphatic heterocycles. The second kappa shape index (κ2) is 5.32. The van der Waals surface area contributed by atoms with Crippen LogP contribution < -0.4 is 5.32 Å². The first-order valence-electron chi connectivity index (χ1n) is 5.95. The van der Waals surface area contributed by atoms with E-state index in [1.807, 2.05) is 7.05 Å². The molecule has 2 atom stereocenters. The van der Waals surface area contributed by atoms with Crippen molar-refractivity contribution in [2.24, 2.45) is 0 Å². The third kappa shape index (κ3) is 2.45. The summed E-state index contributed by atoms with van der Waals surface area (Å²) in [6.45, 7) is 0. The fourth-order valence-corrected chi connectivity index (χ4v) is 2.99. The average Bonchev–Trinajstić information content (AvgIpc) is 2.35. The predicted octanol–water partition coefficient (Wildman–Crippen LogP) is 3.86. The minimum absolute atomic E-state index is 0.0306. The van der Waals surface area contributed by atoms with Gasteiger partial charge in [-0.15, -0.1) is 0 Å². The molecule has 1 fully saturated rings. The van der Waals surface area contributed by atoms with E-state index >= 15 is 0 Å². The molecule has 2 rings (SSSR count). The molecule has 4 heteroatoms. The number of likely N-dealkylation sites (N-methyl/N-ethyl adjacent to an activating group) is 1. The monoisotopic (exact) mass is 259 g/mol. The summed E-state index contributed by atoms with van der Waals surface area (Å²) in [4.78, 5) is 0. The summed E-state index contributed by atoms with van der Waals surface area (Å²) in [6.07, 6.45) is 3.99. The van der Waals surface area contributed by atoms with Crippen molar-refractivity contribution in [3.05, 3.63) is 34.4 Å². The van der Waals surface area contributed by atoms with Gasteiger partial charge in [-0.1, -0.05) is 24.4 Å². The van der Waals surface area contributed by atoms with E-state index < -0.39 is 11.6 Å². The Kier molecular flexibility index (Phi) is 4.00. The molecule has 94 valence electrons. The molecule has 0 bridgehead atoms. The van der Waals surface area contributed by atoms with Gasteiger partial charge in [0.05, 0.1) is 0 Å². The average molecular weight is 260 g/mol. The normalized spacial score (nSPS) is 24.9. The number of nitrogens with one attached hydrogen (secondary N) is 1. The van der Waals surface area contributed by atoms with Crippen molar-refractivity contribution in [2.75, 3.05) is 7.05 Å². The van der Waals surface area contributed by atoms with Crippen molar-refractivity contribution in [3.8, 4) is 0 Å². The van der Waals surface area contributed by atoms with Crippen LogP contribution in [0.15, 0.2) is 12.1 Å². The lowest BCUT2D eigenvalue weighted by Crippen LogP contribution is -2.35. The Morgan fingerprint density at radius 3 is 2.65 bits per heavy atom. The molecule has 0 amide bonds. The van der Waals surface area contributed by atoms with E-state index in [9.17, 15) is 8.78 Å². The first-order chi connectivity index (χ1) is 8.15. The SMILES string of the molecule is CNC1CCCCC1c1c(Cl)ccc(F)c1F. The Morgan fingerprint density at radius 2 is 1.94 bits per heavy atom. The summed E-state index contributed by atoms with van der Waals surface area (Å²) in [5.74, 6) is -1.63. The van der Waals surface area contributed by atoms with E-state index in [1.54, 1.807) is 0 Å². The minimum atomic E-state index is -0.815. The molecule has 1 aromatic rings. The van der Waals surface area contributed by atoms with Crippen LogP contribution in [0.2, 0.25) is 5.02 Å². The molecule has 0 aromatic heterocycles. The van der Waals surface area contributed by atoms with Crippen LogP contribution in [-0.4, -0.2) is 13.1 Å². The number of hydrogen-bond donors (Lipinski definition) is 1. The predicted molar refractivity (Wildman–Crippen MR) is 65.4 cm³/mol. The first kappa shape index (κ1) is 12.8. The van der Waals surface area contributed by atoms with Crippen molar-refractivity contribution in [3.63, 3.8) is 0 Å². The summed E-state index contributed by atoms with van der Waals surface area (Å²) in [7, 11) is 1.86. The summed E-state index contributed by atoms with van der Waals surface area (Å²) < 4.78 is 27.2. The van der Waals surface area contributed by atoms with Gasteiger partial charge in [-0.25, -0.2) is 8.78 Å². The maximum absolute atomic E-state index is 13.9. The van der Waals surface area contributed by atoms with Crippen LogP contribution in [0.4, 0.5) is 8.78 Å². The minimum Gasteiger partial charge on any atom is -0.316 e. The molecule has 0 spiro atoms. The Hall–Kier alpha value is -0.670. The van der Waals surface area contributed by atoms with E-state index in [-0.39, 0.29) is 12.0 Å². The molecule has 1 aromatic carbocycles. The molecule has 1 nitrogen and oxygen atoms in total. The van der Waals surface area contributed by atoms with E-state index in [0.29, 0.717) is 10.6 Å². The van der Waals surface area contributed by atoms with Gasteiger partial charge in [0.25, 0.3) is 0 Å². The molecule has 0 radical (unpaired) electrons. The molecular formula is C13H16ClF2N. The lowest BCUT2D eigenvalue weighted by Gasteiger charge is -2.32. The van der Waals surface area contributed by atoms with E-state index in [2.05, 4.69) is 5.32 Å². The molecule has 1 saturated carbocycles. The number of hydrogen-bond acceptors (Lipinski definition) is 1. The van der Waals surface area contributed by atoms with Crippen LogP contribution in [0, 0.1) is 11.6 Å². The van der Waals surface area contributed by atoms with Crippen molar-refractivity contribution in [2.45, 2.75) is 37.6 Å². The van der Waals surface area contributed by atoms with Gasteiger partial charge < -0.3 is 5.32 Å². The van der Waals surface area contributed by atoms with Crippen molar-refractivity contribution in [1.82, 2.24) is 5.32 Å². The Bertz CT molecular complexity index is 409. The maximum Gasteiger partial charge on any atom is 0.163 e. The van der Waals surface area contributed by atoms with E-state index in [0.717, 1.165) is 31.7 Å². The fourth-order valence-electron chi connectivity index (χ4n) is 2.70. The molecule has 0 saturated heterocycles. The zero-order chi connectivity index (χ0) is 12.4. The summed E-state index contributed by atoms with van der Waals surface area (Å²) in [6, 6.07) is 2.70. The van der Waals surface area contributed by atoms with E-state index in [1.165, 1.54) is 6.07 Å². The summed E-state index contributed by atoms with van der Waals surface area (Å²) >= 11 is 6.02. The summed E-state index contributed by atoms with van der Waals surface area (Å²) in [5.41, 5.74) is 0.339. The quantitative estimate of drug-likeness (QED) is 0.795. The number of rotatable bonds is 2. The van der Waals surface area contributed by atoms with Gasteiger partial charge in [0.2, 0.25) is 0 Å². The van der Waals surface area contributed by atoms with E-state index in [4.69, 9.17) is 11.6 Å². The van der Waals surface area contributed by atoms with Gasteiger partial charge in [0.15, 0.2) is 11.6 Å². The van der Waals surface area contributed by atoms with Crippen molar-refractivity contribution >= 4 is 11.6 Å². The largest absolute Gasteiger partial charge is 0.316 e. The van der Waals surface area contributed by atoms with Crippen molar-refractivity contribution < 1.29 is 8.78 Å². The van der Waals surface area contributed by atoms with Gasteiger partial charge in [-0.3, -0.25) is 0 Å². The highest BCUT2D eigenvalue weighted by Crippen LogP contribution is 2.38. The zero-order valence-corrected chi connectivity index (χ0v) is 10.5. The zero-order valence-electron chi connectivity index (χ0n) is 9.77. The lowest BCUT2D eigenvalue weighted by atomic mass is 9.79. The Balaban J connectivity index is 2.41. The molecule has 17 heavy (non-hydrogen) atoms. The third-order valence-electron chi connectivity index (χ3n) is 3.59. The molecule has 2 unspecified atom stereocenters. The highest BCUT2D eigenvalue weighted by atomic mass is 35.5. The van der Waals surface area contributed by atoms with Crippen LogP contribution in [0.1, 0.15) is 37.2 Å². The second-order valence-electron chi connectivity index (χ2n) is 4.54. The van der Waals surface area contributed by atoms with Crippen LogP contribution in [-0.2, 0) is 0 Å². The first-order valence-corrected chi connectivity index (χ1v) is 6.33. The Labute approximate surface area is 105 Å². The van der Waals surface area contributed by atoms with Crippen molar-refractivity contribution in [1.29, 1.82) is 0 Å². The molecule has 1 aliphatic rings. The van der Waals surface area contributed by atoms with Gasteiger partial charge in [0, 0.05) is 22.5 Å². The van der Waals surface area contributed by atoms with Gasteiger partial charge >= 0.3 is 0 Å². The number of benzene rings is 1. The van der Waals surface area contributed by atoms with Crippen LogP contribution in [0.5, 0.6) is 0 Å². The lowest BCUT2D eigenvalue weighted by molar-refractivity contribution is 0.333. The standard InChI is InChI=1S/C13H16ClF2N/c1-17-11-5-3-2-4-8(11)12-9(14)6-7-10(15)13(12)16/h6-8,11,17H,2-5H2,1H3. The van der Waals surface area contributed by atoms with Crippen LogP contribution in [0.25, 0.3) is 0 Å². The van der Waals surface area contributed by atoms with Crippen LogP contribution >= 0.6 is 11.6 Å².